The molecule has 0 aliphatic heterocycles. The minimum Gasteiger partial charge on any atom is -0.350 e. The number of aryl methyl sites for hydroxylation is 1. The van der Waals surface area contributed by atoms with Crippen molar-refractivity contribution in [2.24, 2.45) is 7.05 Å². The van der Waals surface area contributed by atoms with Crippen molar-refractivity contribution in [3.8, 4) is 0 Å². The molecule has 0 saturated heterocycles. The van der Waals surface area contributed by atoms with Gasteiger partial charge in [0.2, 0.25) is 0 Å². The molecule has 26 heavy (non-hydrogen) atoms. The van der Waals surface area contributed by atoms with E-state index in [9.17, 15) is 4.79 Å². The second kappa shape index (κ2) is 6.87. The molecule has 4 rings (SSSR count). The van der Waals surface area contributed by atoms with E-state index < -0.39 is 0 Å². The largest absolute Gasteiger partial charge is 0.350 e. The van der Waals surface area contributed by atoms with Crippen LogP contribution in [0.25, 0.3) is 10.9 Å². The lowest BCUT2D eigenvalue weighted by Crippen LogP contribution is -2.40. The number of carbonyl (C=O) groups excluding carboxylic acids is 1. The molecule has 1 fully saturated rings. The molecule has 3 aromatic rings. The molecule has 134 valence electrons. The van der Waals surface area contributed by atoms with Crippen LogP contribution in [0.4, 0.5) is 10.5 Å². The van der Waals surface area contributed by atoms with Gasteiger partial charge in [0.1, 0.15) is 0 Å². The van der Waals surface area contributed by atoms with Gasteiger partial charge in [-0.05, 0) is 36.6 Å². The molecule has 0 unspecified atom stereocenters. The maximum atomic E-state index is 12.4. The first-order valence-electron chi connectivity index (χ1n) is 9.32. The van der Waals surface area contributed by atoms with Gasteiger partial charge >= 0.3 is 6.03 Å². The molecule has 1 aromatic heterocycles. The van der Waals surface area contributed by atoms with Crippen LogP contribution in [0.3, 0.4) is 0 Å². The highest BCUT2D eigenvalue weighted by Gasteiger charge is 2.38. The third kappa shape index (κ3) is 3.07. The Morgan fingerprint density at radius 3 is 2.50 bits per heavy atom. The molecule has 2 amide bonds. The summed E-state index contributed by atoms with van der Waals surface area (Å²) in [5, 5.41) is 7.36. The van der Waals surface area contributed by atoms with Crippen LogP contribution in [0.1, 0.15) is 31.2 Å². The van der Waals surface area contributed by atoms with E-state index in [1.807, 2.05) is 30.3 Å². The molecule has 4 nitrogen and oxygen atoms in total. The van der Waals surface area contributed by atoms with E-state index >= 15 is 0 Å². The lowest BCUT2D eigenvalue weighted by Gasteiger charge is -2.29. The lowest BCUT2D eigenvalue weighted by atomic mass is 9.78. The maximum absolute atomic E-state index is 12.4. The zero-order chi connectivity index (χ0) is 18.0. The number of para-hydroxylation sites is 2. The summed E-state index contributed by atoms with van der Waals surface area (Å²) in [6, 6.07) is 18.0. The number of urea groups is 1. The standard InChI is InChI=1S/C22H25N3O/c1-25-15-19(18-11-5-6-12-20(18)25)22(13-7-8-14-22)16-23-21(26)24-17-9-3-2-4-10-17/h2-6,9-12,15H,7-8,13-14,16H2,1H3,(H2,23,24,26). The van der Waals surface area contributed by atoms with Crippen molar-refractivity contribution in [3.63, 3.8) is 0 Å². The van der Waals surface area contributed by atoms with E-state index in [0.717, 1.165) is 18.5 Å². The molecule has 4 heteroatoms. The zero-order valence-electron chi connectivity index (χ0n) is 15.2. The molecule has 0 bridgehead atoms. The van der Waals surface area contributed by atoms with E-state index in [1.54, 1.807) is 0 Å². The second-order valence-electron chi connectivity index (χ2n) is 7.33. The van der Waals surface area contributed by atoms with Gasteiger partial charge in [-0.1, -0.05) is 49.2 Å². The Kier molecular flexibility index (Phi) is 4.41. The number of hydrogen-bond acceptors (Lipinski definition) is 1. The van der Waals surface area contributed by atoms with Gasteiger partial charge in [0.25, 0.3) is 0 Å². The summed E-state index contributed by atoms with van der Waals surface area (Å²) >= 11 is 0. The summed E-state index contributed by atoms with van der Waals surface area (Å²) in [5.41, 5.74) is 3.46. The van der Waals surface area contributed by atoms with Crippen molar-refractivity contribution in [1.82, 2.24) is 9.88 Å². The fourth-order valence-corrected chi connectivity index (χ4v) is 4.30. The fraction of sp³-hybridized carbons (Fsp3) is 0.318. The van der Waals surface area contributed by atoms with Gasteiger partial charge in [0.15, 0.2) is 0 Å². The maximum Gasteiger partial charge on any atom is 0.319 e. The number of nitrogens with one attached hydrogen (secondary N) is 2. The minimum atomic E-state index is -0.136. The number of benzene rings is 2. The molecule has 2 aromatic carbocycles. The monoisotopic (exact) mass is 347 g/mol. The van der Waals surface area contributed by atoms with E-state index in [4.69, 9.17) is 0 Å². The molecule has 2 N–H and O–H groups in total. The van der Waals surface area contributed by atoms with Crippen LogP contribution in [0, 0.1) is 0 Å². The van der Waals surface area contributed by atoms with Crippen molar-refractivity contribution in [2.45, 2.75) is 31.1 Å². The SMILES string of the molecule is Cn1cc(C2(CNC(=O)Nc3ccccc3)CCCC2)c2ccccc21. The highest BCUT2D eigenvalue weighted by molar-refractivity contribution is 5.89. The van der Waals surface area contributed by atoms with E-state index in [-0.39, 0.29) is 11.4 Å². The fourth-order valence-electron chi connectivity index (χ4n) is 4.30. The molecule has 1 aliphatic carbocycles. The number of carbonyl (C=O) groups is 1. The number of anilines is 1. The lowest BCUT2D eigenvalue weighted by molar-refractivity contribution is 0.248. The third-order valence-electron chi connectivity index (χ3n) is 5.65. The molecular formula is C22H25N3O. The Morgan fingerprint density at radius 2 is 1.73 bits per heavy atom. The number of rotatable bonds is 4. The number of hydrogen-bond donors (Lipinski definition) is 2. The Morgan fingerprint density at radius 1 is 1.04 bits per heavy atom. The molecule has 0 radical (unpaired) electrons. The summed E-state index contributed by atoms with van der Waals surface area (Å²) in [7, 11) is 2.10. The normalized spacial score (nSPS) is 15.9. The van der Waals surface area contributed by atoms with Gasteiger partial charge in [0, 0.05) is 41.8 Å². The summed E-state index contributed by atoms with van der Waals surface area (Å²) in [6.45, 7) is 0.666. The zero-order valence-corrected chi connectivity index (χ0v) is 15.2. The van der Waals surface area contributed by atoms with Crippen molar-refractivity contribution in [2.75, 3.05) is 11.9 Å². The van der Waals surface area contributed by atoms with Crippen LogP contribution in [-0.2, 0) is 12.5 Å². The van der Waals surface area contributed by atoms with E-state index in [0.29, 0.717) is 6.54 Å². The summed E-state index contributed by atoms with van der Waals surface area (Å²) in [6.07, 6.45) is 6.92. The van der Waals surface area contributed by atoms with Gasteiger partial charge in [-0.15, -0.1) is 0 Å². The van der Waals surface area contributed by atoms with Crippen LogP contribution in [0.2, 0.25) is 0 Å². The first kappa shape index (κ1) is 16.7. The molecule has 1 aliphatic rings. The molecule has 1 heterocycles. The summed E-state index contributed by atoms with van der Waals surface area (Å²) < 4.78 is 2.20. The average Bonchev–Trinajstić information content (AvgIpc) is 3.27. The Balaban J connectivity index is 1.56. The van der Waals surface area contributed by atoms with Crippen molar-refractivity contribution in [3.05, 3.63) is 66.4 Å². The topological polar surface area (TPSA) is 46.1 Å². The molecule has 0 spiro atoms. The first-order chi connectivity index (χ1) is 12.7. The van der Waals surface area contributed by atoms with Crippen LogP contribution in [0.15, 0.2) is 60.8 Å². The van der Waals surface area contributed by atoms with Crippen LogP contribution >= 0.6 is 0 Å². The average molecular weight is 347 g/mol. The van der Waals surface area contributed by atoms with Gasteiger partial charge in [0.05, 0.1) is 0 Å². The Bertz CT molecular complexity index is 908. The van der Waals surface area contributed by atoms with E-state index in [2.05, 4.69) is 52.7 Å². The quantitative estimate of drug-likeness (QED) is 0.699. The summed E-state index contributed by atoms with van der Waals surface area (Å²) in [4.78, 5) is 12.4. The van der Waals surface area contributed by atoms with E-state index in [1.165, 1.54) is 29.3 Å². The molecule has 0 atom stereocenters. The van der Waals surface area contributed by atoms with Crippen molar-refractivity contribution in [1.29, 1.82) is 0 Å². The number of amides is 2. The Labute approximate surface area is 154 Å². The Hall–Kier alpha value is -2.75. The highest BCUT2D eigenvalue weighted by Crippen LogP contribution is 2.43. The summed E-state index contributed by atoms with van der Waals surface area (Å²) in [5.74, 6) is 0. The van der Waals surface area contributed by atoms with Crippen molar-refractivity contribution < 1.29 is 4.79 Å². The highest BCUT2D eigenvalue weighted by atomic mass is 16.2. The van der Waals surface area contributed by atoms with Crippen LogP contribution in [-0.4, -0.2) is 17.1 Å². The predicted molar refractivity (Wildman–Crippen MR) is 107 cm³/mol. The van der Waals surface area contributed by atoms with Gasteiger partial charge in [-0.2, -0.15) is 0 Å². The minimum absolute atomic E-state index is 0.0227. The number of fused-ring (bicyclic) bond motifs is 1. The van der Waals surface area contributed by atoms with Crippen molar-refractivity contribution >= 4 is 22.6 Å². The third-order valence-corrected chi connectivity index (χ3v) is 5.65. The predicted octanol–water partition coefficient (Wildman–Crippen LogP) is 4.81. The number of nitrogens with zero attached hydrogens (tertiary/aromatic N) is 1. The van der Waals surface area contributed by atoms with Crippen LogP contribution < -0.4 is 10.6 Å². The molecular weight excluding hydrogens is 322 g/mol. The van der Waals surface area contributed by atoms with Gasteiger partial charge < -0.3 is 15.2 Å². The molecule has 1 saturated carbocycles. The number of aromatic nitrogens is 1. The van der Waals surface area contributed by atoms with Gasteiger partial charge in [-0.3, -0.25) is 0 Å². The second-order valence-corrected chi connectivity index (χ2v) is 7.33. The first-order valence-corrected chi connectivity index (χ1v) is 9.32. The van der Waals surface area contributed by atoms with Crippen LogP contribution in [0.5, 0.6) is 0 Å². The van der Waals surface area contributed by atoms with Gasteiger partial charge in [-0.25, -0.2) is 4.79 Å². The smallest absolute Gasteiger partial charge is 0.319 e.